The fourth-order valence-corrected chi connectivity index (χ4v) is 3.87. The maximum Gasteiger partial charge on any atom is 0.387 e. The average Bonchev–Trinajstić information content (AvgIpc) is 2.33. The summed E-state index contributed by atoms with van der Waals surface area (Å²) in [7, 11) is -3.13. The van der Waals surface area contributed by atoms with Crippen molar-refractivity contribution in [1.29, 1.82) is 0 Å². The SMILES string of the molecule is Nc1cc(F)c(OC(F)F)cc1NC1CCCS(=O)(=O)C1. The molecule has 1 atom stereocenters. The zero-order valence-electron chi connectivity index (χ0n) is 11.0. The second kappa shape index (κ2) is 6.00. The molecule has 2 rings (SSSR count). The maximum absolute atomic E-state index is 13.4. The van der Waals surface area contributed by atoms with Gasteiger partial charge in [-0.1, -0.05) is 0 Å². The molecule has 0 radical (unpaired) electrons. The van der Waals surface area contributed by atoms with Crippen LogP contribution in [0.3, 0.4) is 0 Å². The fourth-order valence-electron chi connectivity index (χ4n) is 2.24. The lowest BCUT2D eigenvalue weighted by atomic mass is 10.1. The van der Waals surface area contributed by atoms with Crippen LogP contribution in [-0.4, -0.2) is 32.6 Å². The summed E-state index contributed by atoms with van der Waals surface area (Å²) in [6.45, 7) is -3.16. The second-order valence-corrected chi connectivity index (χ2v) is 7.07. The van der Waals surface area contributed by atoms with Crippen LogP contribution in [0.2, 0.25) is 0 Å². The third-order valence-electron chi connectivity index (χ3n) is 3.14. The lowest BCUT2D eigenvalue weighted by Crippen LogP contribution is -2.35. The molecule has 1 unspecified atom stereocenters. The maximum atomic E-state index is 13.4. The quantitative estimate of drug-likeness (QED) is 0.828. The van der Waals surface area contributed by atoms with E-state index in [4.69, 9.17) is 5.73 Å². The number of halogens is 3. The van der Waals surface area contributed by atoms with Crippen molar-refractivity contribution in [3.8, 4) is 5.75 Å². The highest BCUT2D eigenvalue weighted by Crippen LogP contribution is 2.30. The molecule has 5 nitrogen and oxygen atoms in total. The van der Waals surface area contributed by atoms with Gasteiger partial charge in [0.25, 0.3) is 0 Å². The van der Waals surface area contributed by atoms with Gasteiger partial charge in [-0.15, -0.1) is 0 Å². The number of benzene rings is 1. The van der Waals surface area contributed by atoms with Crippen LogP contribution in [-0.2, 0) is 9.84 Å². The van der Waals surface area contributed by atoms with Crippen LogP contribution in [0.5, 0.6) is 5.75 Å². The van der Waals surface area contributed by atoms with E-state index in [0.717, 1.165) is 12.1 Å². The average molecular weight is 324 g/mol. The summed E-state index contributed by atoms with van der Waals surface area (Å²) in [6.07, 6.45) is 1.10. The minimum atomic E-state index is -3.16. The first-order valence-corrected chi connectivity index (χ1v) is 8.10. The molecule has 0 bridgehead atoms. The summed E-state index contributed by atoms with van der Waals surface area (Å²) in [4.78, 5) is 0. The van der Waals surface area contributed by atoms with Crippen molar-refractivity contribution in [1.82, 2.24) is 0 Å². The highest BCUT2D eigenvalue weighted by Gasteiger charge is 2.25. The molecular weight excluding hydrogens is 309 g/mol. The molecule has 0 saturated carbocycles. The van der Waals surface area contributed by atoms with E-state index in [-0.39, 0.29) is 22.9 Å². The Hall–Kier alpha value is -1.64. The van der Waals surface area contributed by atoms with E-state index in [0.29, 0.717) is 12.8 Å². The van der Waals surface area contributed by atoms with E-state index < -0.39 is 34.1 Å². The van der Waals surface area contributed by atoms with Crippen LogP contribution in [0.25, 0.3) is 0 Å². The zero-order valence-corrected chi connectivity index (χ0v) is 11.8. The third-order valence-corrected chi connectivity index (χ3v) is 4.96. The lowest BCUT2D eigenvalue weighted by molar-refractivity contribution is -0.0521. The number of sulfone groups is 1. The minimum Gasteiger partial charge on any atom is -0.432 e. The van der Waals surface area contributed by atoms with E-state index in [2.05, 4.69) is 10.1 Å². The molecular formula is C12H15F3N2O3S. The third kappa shape index (κ3) is 4.16. The Morgan fingerprint density at radius 3 is 2.71 bits per heavy atom. The number of alkyl halides is 2. The van der Waals surface area contributed by atoms with Gasteiger partial charge in [-0.2, -0.15) is 8.78 Å². The number of nitrogen functional groups attached to an aromatic ring is 1. The van der Waals surface area contributed by atoms with E-state index in [9.17, 15) is 21.6 Å². The molecule has 9 heteroatoms. The first-order chi connectivity index (χ1) is 9.77. The van der Waals surface area contributed by atoms with Crippen molar-refractivity contribution in [2.45, 2.75) is 25.5 Å². The van der Waals surface area contributed by atoms with Crippen LogP contribution in [0, 0.1) is 5.82 Å². The van der Waals surface area contributed by atoms with Gasteiger partial charge in [-0.25, -0.2) is 12.8 Å². The molecule has 0 aliphatic carbocycles. The normalized spacial score (nSPS) is 21.2. The Bertz CT molecular complexity index is 622. The van der Waals surface area contributed by atoms with Crippen molar-refractivity contribution in [2.75, 3.05) is 22.6 Å². The number of anilines is 2. The van der Waals surface area contributed by atoms with Crippen molar-refractivity contribution in [2.24, 2.45) is 0 Å². The highest BCUT2D eigenvalue weighted by atomic mass is 32.2. The van der Waals surface area contributed by atoms with Gasteiger partial charge in [-0.3, -0.25) is 0 Å². The van der Waals surface area contributed by atoms with E-state index in [1.54, 1.807) is 0 Å². The lowest BCUT2D eigenvalue weighted by Gasteiger charge is -2.25. The molecule has 0 spiro atoms. The number of hydrogen-bond donors (Lipinski definition) is 2. The fraction of sp³-hybridized carbons (Fsp3) is 0.500. The van der Waals surface area contributed by atoms with Crippen LogP contribution in [0.4, 0.5) is 24.5 Å². The van der Waals surface area contributed by atoms with Crippen molar-refractivity contribution in [3.05, 3.63) is 17.9 Å². The predicted molar refractivity (Wildman–Crippen MR) is 72.7 cm³/mol. The Balaban J connectivity index is 2.19. The van der Waals surface area contributed by atoms with Crippen LogP contribution in [0.15, 0.2) is 12.1 Å². The van der Waals surface area contributed by atoms with Crippen LogP contribution >= 0.6 is 0 Å². The van der Waals surface area contributed by atoms with Crippen LogP contribution in [0.1, 0.15) is 12.8 Å². The van der Waals surface area contributed by atoms with E-state index in [1.165, 1.54) is 0 Å². The zero-order chi connectivity index (χ0) is 15.6. The van der Waals surface area contributed by atoms with E-state index in [1.807, 2.05) is 0 Å². The van der Waals surface area contributed by atoms with Crippen molar-refractivity contribution in [3.63, 3.8) is 0 Å². The van der Waals surface area contributed by atoms with Gasteiger partial charge < -0.3 is 15.8 Å². The number of hydrogen-bond acceptors (Lipinski definition) is 5. The molecule has 0 aromatic heterocycles. The largest absolute Gasteiger partial charge is 0.432 e. The Kier molecular flexibility index (Phi) is 4.50. The number of ether oxygens (including phenoxy) is 1. The Labute approximate surface area is 120 Å². The summed E-state index contributed by atoms with van der Waals surface area (Å²) < 4.78 is 64.9. The summed E-state index contributed by atoms with van der Waals surface area (Å²) in [6, 6.07) is 1.48. The van der Waals surface area contributed by atoms with E-state index >= 15 is 0 Å². The molecule has 118 valence electrons. The highest BCUT2D eigenvalue weighted by molar-refractivity contribution is 7.91. The topological polar surface area (TPSA) is 81.4 Å². The molecule has 3 N–H and O–H groups in total. The van der Waals surface area contributed by atoms with Gasteiger partial charge in [0.1, 0.15) is 0 Å². The Morgan fingerprint density at radius 1 is 1.38 bits per heavy atom. The molecule has 1 heterocycles. The van der Waals surface area contributed by atoms with Gasteiger partial charge in [0, 0.05) is 18.2 Å². The smallest absolute Gasteiger partial charge is 0.387 e. The molecule has 1 fully saturated rings. The standard InChI is InChI=1S/C12H15F3N2O3S/c13-8-4-9(16)10(5-11(8)20-12(14)15)17-7-2-1-3-21(18,19)6-7/h4-5,7,12,17H,1-3,6,16H2. The molecule has 1 saturated heterocycles. The summed E-state index contributed by atoms with van der Waals surface area (Å²) in [5, 5.41) is 2.85. The first kappa shape index (κ1) is 15.7. The van der Waals surface area contributed by atoms with Crippen LogP contribution < -0.4 is 15.8 Å². The van der Waals surface area contributed by atoms with Gasteiger partial charge in [0.2, 0.25) is 0 Å². The molecule has 1 aromatic rings. The van der Waals surface area contributed by atoms with Gasteiger partial charge >= 0.3 is 6.61 Å². The van der Waals surface area contributed by atoms with Gasteiger partial charge in [0.15, 0.2) is 21.4 Å². The van der Waals surface area contributed by atoms with Gasteiger partial charge in [-0.05, 0) is 12.8 Å². The number of nitrogens with one attached hydrogen (secondary N) is 1. The molecule has 21 heavy (non-hydrogen) atoms. The van der Waals surface area contributed by atoms with Crippen molar-refractivity contribution >= 4 is 21.2 Å². The Morgan fingerprint density at radius 2 is 2.10 bits per heavy atom. The number of nitrogens with two attached hydrogens (primary N) is 1. The summed E-state index contributed by atoms with van der Waals surface area (Å²) in [5.41, 5.74) is 5.78. The molecule has 1 aliphatic rings. The monoisotopic (exact) mass is 324 g/mol. The summed E-state index contributed by atoms with van der Waals surface area (Å²) in [5.74, 6) is -1.59. The van der Waals surface area contributed by atoms with Gasteiger partial charge in [0.05, 0.1) is 22.9 Å². The second-order valence-electron chi connectivity index (χ2n) is 4.85. The molecule has 1 aliphatic heterocycles. The first-order valence-electron chi connectivity index (χ1n) is 6.27. The summed E-state index contributed by atoms with van der Waals surface area (Å²) >= 11 is 0. The minimum absolute atomic E-state index is 0.00270. The number of rotatable bonds is 4. The molecule has 1 aromatic carbocycles. The predicted octanol–water partition coefficient (Wildman–Crippen LogP) is 2.00. The van der Waals surface area contributed by atoms with Crippen molar-refractivity contribution < 1.29 is 26.3 Å². The molecule has 0 amide bonds.